The fraction of sp³-hybridized carbons (Fsp3) is 0.370. The Bertz CT molecular complexity index is 1260. The lowest BCUT2D eigenvalue weighted by atomic mass is 9.99. The zero-order chi connectivity index (χ0) is 24.7. The highest BCUT2D eigenvalue weighted by atomic mass is 19.1. The highest BCUT2D eigenvalue weighted by Crippen LogP contribution is 2.39. The SMILES string of the molecule is Cc1cc(F)ccc1-c1nc(NC2CCN(C)CC2)nc2c1C(=O)NCN2c1c(C)cccc1C. The van der Waals surface area contributed by atoms with Crippen LogP contribution in [0.5, 0.6) is 0 Å². The number of carbonyl (C=O) groups excluding carboxylic acids is 1. The third-order valence-electron chi connectivity index (χ3n) is 6.98. The molecular weight excluding hydrogens is 443 g/mol. The van der Waals surface area contributed by atoms with Gasteiger partial charge in [0.05, 0.1) is 18.1 Å². The van der Waals surface area contributed by atoms with Crippen molar-refractivity contribution in [3.8, 4) is 11.3 Å². The second-order valence-corrected chi connectivity index (χ2v) is 9.61. The first kappa shape index (κ1) is 23.2. The summed E-state index contributed by atoms with van der Waals surface area (Å²) >= 11 is 0. The van der Waals surface area contributed by atoms with E-state index in [1.165, 1.54) is 12.1 Å². The molecule has 182 valence electrons. The third kappa shape index (κ3) is 4.46. The van der Waals surface area contributed by atoms with Crippen molar-refractivity contribution >= 4 is 23.4 Å². The van der Waals surface area contributed by atoms with Crippen LogP contribution in [0.2, 0.25) is 0 Å². The quantitative estimate of drug-likeness (QED) is 0.578. The van der Waals surface area contributed by atoms with E-state index in [0.717, 1.165) is 48.3 Å². The van der Waals surface area contributed by atoms with E-state index in [2.05, 4.69) is 48.6 Å². The van der Waals surface area contributed by atoms with Crippen LogP contribution in [0.4, 0.5) is 21.8 Å². The van der Waals surface area contributed by atoms with E-state index in [4.69, 9.17) is 9.97 Å². The Morgan fingerprint density at radius 2 is 1.74 bits per heavy atom. The zero-order valence-corrected chi connectivity index (χ0v) is 20.7. The number of nitrogens with zero attached hydrogens (tertiary/aromatic N) is 4. The summed E-state index contributed by atoms with van der Waals surface area (Å²) in [5, 5.41) is 6.52. The number of fused-ring (bicyclic) bond motifs is 1. The Labute approximate surface area is 205 Å². The Morgan fingerprint density at radius 1 is 1.03 bits per heavy atom. The number of likely N-dealkylation sites (tertiary alicyclic amines) is 1. The van der Waals surface area contributed by atoms with Crippen LogP contribution in [0.1, 0.15) is 39.9 Å². The third-order valence-corrected chi connectivity index (χ3v) is 6.98. The molecule has 2 N–H and O–H groups in total. The van der Waals surface area contributed by atoms with Gasteiger partial charge in [-0.25, -0.2) is 9.37 Å². The van der Waals surface area contributed by atoms with Gasteiger partial charge in [-0.05, 0) is 88.6 Å². The number of halogens is 1. The Hall–Kier alpha value is -3.52. The molecule has 3 aromatic rings. The molecule has 0 spiro atoms. The normalized spacial score (nSPS) is 16.7. The van der Waals surface area contributed by atoms with Gasteiger partial charge in [0, 0.05) is 11.6 Å². The molecule has 1 fully saturated rings. The van der Waals surface area contributed by atoms with Crippen molar-refractivity contribution in [1.82, 2.24) is 20.2 Å². The smallest absolute Gasteiger partial charge is 0.258 e. The Balaban J connectivity index is 1.69. The standard InChI is InChI=1S/C27H31FN6O/c1-16-6-5-7-17(2)24(16)34-15-29-26(35)22-23(21-9-8-19(28)14-18(21)3)31-27(32-25(22)34)30-20-10-12-33(4)13-11-20/h5-9,14,20H,10-13,15H2,1-4H3,(H,29,35)(H,30,31,32). The maximum atomic E-state index is 13.9. The number of amides is 1. The molecule has 0 saturated carbocycles. The van der Waals surface area contributed by atoms with E-state index in [0.29, 0.717) is 35.3 Å². The molecule has 0 bridgehead atoms. The first-order valence-corrected chi connectivity index (χ1v) is 12.1. The minimum atomic E-state index is -0.319. The summed E-state index contributed by atoms with van der Waals surface area (Å²) < 4.78 is 13.9. The van der Waals surface area contributed by atoms with Gasteiger partial charge in [0.25, 0.3) is 5.91 Å². The summed E-state index contributed by atoms with van der Waals surface area (Å²) in [5.41, 5.74) is 5.55. The molecule has 0 aliphatic carbocycles. The summed E-state index contributed by atoms with van der Waals surface area (Å²) in [7, 11) is 2.13. The molecule has 1 amide bonds. The van der Waals surface area contributed by atoms with Crippen LogP contribution in [0.3, 0.4) is 0 Å². The van der Waals surface area contributed by atoms with Gasteiger partial charge >= 0.3 is 0 Å². The first-order valence-electron chi connectivity index (χ1n) is 12.1. The molecule has 0 radical (unpaired) electrons. The molecule has 2 aliphatic rings. The summed E-state index contributed by atoms with van der Waals surface area (Å²) in [6.07, 6.45) is 1.98. The van der Waals surface area contributed by atoms with Gasteiger partial charge in [-0.3, -0.25) is 4.79 Å². The lowest BCUT2D eigenvalue weighted by Crippen LogP contribution is -2.43. The number of aromatic nitrogens is 2. The predicted molar refractivity (Wildman–Crippen MR) is 137 cm³/mol. The summed E-state index contributed by atoms with van der Waals surface area (Å²) in [5.74, 6) is 0.505. The molecule has 0 unspecified atom stereocenters. The molecule has 1 saturated heterocycles. The number of piperidine rings is 1. The fourth-order valence-corrected chi connectivity index (χ4v) is 5.07. The number of hydrogen-bond acceptors (Lipinski definition) is 6. The van der Waals surface area contributed by atoms with Crippen molar-refractivity contribution < 1.29 is 9.18 Å². The topological polar surface area (TPSA) is 73.4 Å². The minimum absolute atomic E-state index is 0.230. The van der Waals surface area contributed by atoms with E-state index in [1.807, 2.05) is 17.9 Å². The largest absolute Gasteiger partial charge is 0.351 e. The number of nitrogens with one attached hydrogen (secondary N) is 2. The highest BCUT2D eigenvalue weighted by Gasteiger charge is 2.32. The van der Waals surface area contributed by atoms with Crippen LogP contribution in [-0.2, 0) is 0 Å². The van der Waals surface area contributed by atoms with Gasteiger partial charge in [0.1, 0.15) is 11.4 Å². The number of rotatable bonds is 4. The number of para-hydroxylation sites is 1. The van der Waals surface area contributed by atoms with Crippen molar-refractivity contribution in [2.75, 3.05) is 37.0 Å². The van der Waals surface area contributed by atoms with Crippen LogP contribution in [0.15, 0.2) is 36.4 Å². The molecular formula is C27H31FN6O. The van der Waals surface area contributed by atoms with Crippen LogP contribution < -0.4 is 15.5 Å². The van der Waals surface area contributed by atoms with Crippen molar-refractivity contribution in [2.45, 2.75) is 39.7 Å². The van der Waals surface area contributed by atoms with Crippen molar-refractivity contribution in [3.63, 3.8) is 0 Å². The van der Waals surface area contributed by atoms with E-state index < -0.39 is 0 Å². The molecule has 8 heteroatoms. The van der Waals surface area contributed by atoms with E-state index >= 15 is 0 Å². The Morgan fingerprint density at radius 3 is 2.43 bits per heavy atom. The molecule has 3 heterocycles. The highest BCUT2D eigenvalue weighted by molar-refractivity contribution is 6.07. The molecule has 1 aromatic heterocycles. The maximum Gasteiger partial charge on any atom is 0.258 e. The number of aryl methyl sites for hydroxylation is 3. The van der Waals surface area contributed by atoms with Gasteiger partial charge in [-0.15, -0.1) is 0 Å². The zero-order valence-electron chi connectivity index (χ0n) is 20.7. The van der Waals surface area contributed by atoms with E-state index in [1.54, 1.807) is 6.07 Å². The number of carbonyl (C=O) groups is 1. The van der Waals surface area contributed by atoms with Gasteiger partial charge < -0.3 is 20.4 Å². The van der Waals surface area contributed by atoms with Gasteiger partial charge in [-0.1, -0.05) is 18.2 Å². The summed E-state index contributed by atoms with van der Waals surface area (Å²) in [6.45, 7) is 8.27. The number of hydrogen-bond donors (Lipinski definition) is 2. The van der Waals surface area contributed by atoms with Crippen molar-refractivity contribution in [2.24, 2.45) is 0 Å². The van der Waals surface area contributed by atoms with Crippen molar-refractivity contribution in [3.05, 3.63) is 64.5 Å². The van der Waals surface area contributed by atoms with Gasteiger partial charge in [0.2, 0.25) is 5.95 Å². The predicted octanol–water partition coefficient (Wildman–Crippen LogP) is 4.55. The lowest BCUT2D eigenvalue weighted by Gasteiger charge is -2.34. The van der Waals surface area contributed by atoms with Crippen LogP contribution in [-0.4, -0.2) is 53.6 Å². The molecule has 7 nitrogen and oxygen atoms in total. The average molecular weight is 475 g/mol. The van der Waals surface area contributed by atoms with Gasteiger partial charge in [0.15, 0.2) is 5.82 Å². The Kier molecular flexibility index (Phi) is 6.15. The molecule has 35 heavy (non-hydrogen) atoms. The molecule has 2 aromatic carbocycles. The van der Waals surface area contributed by atoms with E-state index in [-0.39, 0.29) is 17.8 Å². The number of benzene rings is 2. The summed E-state index contributed by atoms with van der Waals surface area (Å²) in [4.78, 5) is 27.3. The monoisotopic (exact) mass is 474 g/mol. The van der Waals surface area contributed by atoms with Crippen molar-refractivity contribution in [1.29, 1.82) is 0 Å². The number of anilines is 3. The maximum absolute atomic E-state index is 13.9. The van der Waals surface area contributed by atoms with Crippen LogP contribution in [0, 0.1) is 26.6 Å². The second-order valence-electron chi connectivity index (χ2n) is 9.61. The second kappa shape index (κ2) is 9.26. The van der Waals surface area contributed by atoms with Crippen LogP contribution in [0.25, 0.3) is 11.3 Å². The molecule has 0 atom stereocenters. The van der Waals surface area contributed by atoms with Crippen LogP contribution >= 0.6 is 0 Å². The minimum Gasteiger partial charge on any atom is -0.351 e. The van der Waals surface area contributed by atoms with Gasteiger partial charge in [-0.2, -0.15) is 4.98 Å². The molecule has 5 rings (SSSR count). The summed E-state index contributed by atoms with van der Waals surface area (Å²) in [6, 6.07) is 11.0. The fourth-order valence-electron chi connectivity index (χ4n) is 5.07. The lowest BCUT2D eigenvalue weighted by molar-refractivity contribution is 0.0949. The first-order chi connectivity index (χ1) is 16.8. The molecule has 2 aliphatic heterocycles. The van der Waals surface area contributed by atoms with E-state index in [9.17, 15) is 9.18 Å². The average Bonchev–Trinajstić information content (AvgIpc) is 2.81.